The first-order chi connectivity index (χ1) is 10.8. The van der Waals surface area contributed by atoms with Crippen molar-refractivity contribution in [2.75, 3.05) is 26.8 Å². The SMILES string of the molecule is CCCN(C)C(=O)CCCCCOC(C)(C)C(=O)CCCCO. The zero-order valence-electron chi connectivity index (χ0n) is 15.4. The van der Waals surface area contributed by atoms with Gasteiger partial charge in [-0.2, -0.15) is 0 Å². The highest BCUT2D eigenvalue weighted by Crippen LogP contribution is 2.16. The van der Waals surface area contributed by atoms with E-state index < -0.39 is 5.60 Å². The Morgan fingerprint density at radius 2 is 1.70 bits per heavy atom. The third-order valence-electron chi connectivity index (χ3n) is 3.97. The highest BCUT2D eigenvalue weighted by atomic mass is 16.5. The molecular formula is C18H35NO4. The highest BCUT2D eigenvalue weighted by molar-refractivity contribution is 5.86. The summed E-state index contributed by atoms with van der Waals surface area (Å²) in [7, 11) is 1.85. The van der Waals surface area contributed by atoms with E-state index in [4.69, 9.17) is 9.84 Å². The number of aliphatic hydroxyl groups excluding tert-OH is 1. The average Bonchev–Trinajstić information content (AvgIpc) is 2.50. The summed E-state index contributed by atoms with van der Waals surface area (Å²) in [4.78, 5) is 25.6. The van der Waals surface area contributed by atoms with Crippen LogP contribution in [-0.2, 0) is 14.3 Å². The molecule has 0 bridgehead atoms. The topological polar surface area (TPSA) is 66.8 Å². The van der Waals surface area contributed by atoms with Gasteiger partial charge >= 0.3 is 0 Å². The smallest absolute Gasteiger partial charge is 0.222 e. The molecule has 0 aliphatic carbocycles. The lowest BCUT2D eigenvalue weighted by Gasteiger charge is -2.24. The summed E-state index contributed by atoms with van der Waals surface area (Å²) < 4.78 is 5.71. The molecule has 0 aliphatic heterocycles. The van der Waals surface area contributed by atoms with Gasteiger partial charge in [0.05, 0.1) is 0 Å². The Kier molecular flexibility index (Phi) is 12.0. The standard InChI is InChI=1S/C18H35NO4/c1-5-13-19(4)17(22)12-7-6-10-15-23-18(2,3)16(21)11-8-9-14-20/h20H,5-15H2,1-4H3. The minimum absolute atomic E-state index is 0.0855. The molecule has 5 heteroatoms. The Bertz CT molecular complexity index is 342. The van der Waals surface area contributed by atoms with Crippen LogP contribution in [0.2, 0.25) is 0 Å². The Balaban J connectivity index is 3.77. The third-order valence-corrected chi connectivity index (χ3v) is 3.97. The molecule has 0 aromatic rings. The summed E-state index contributed by atoms with van der Waals surface area (Å²) in [6, 6.07) is 0. The molecule has 136 valence electrons. The molecule has 0 heterocycles. The van der Waals surface area contributed by atoms with Crippen molar-refractivity contribution >= 4 is 11.7 Å². The molecule has 0 unspecified atom stereocenters. The largest absolute Gasteiger partial charge is 0.396 e. The molecule has 0 spiro atoms. The fourth-order valence-electron chi connectivity index (χ4n) is 2.31. The zero-order chi connectivity index (χ0) is 17.7. The summed E-state index contributed by atoms with van der Waals surface area (Å²) >= 11 is 0. The molecule has 0 rings (SSSR count). The molecule has 23 heavy (non-hydrogen) atoms. The van der Waals surface area contributed by atoms with Crippen LogP contribution >= 0.6 is 0 Å². The Labute approximate surface area is 141 Å². The molecule has 0 atom stereocenters. The number of ketones is 1. The van der Waals surface area contributed by atoms with E-state index in [9.17, 15) is 9.59 Å². The number of rotatable bonds is 14. The molecule has 0 aliphatic rings. The van der Waals surface area contributed by atoms with Crippen LogP contribution in [-0.4, -0.2) is 54.1 Å². The summed E-state index contributed by atoms with van der Waals surface area (Å²) in [5.41, 5.74) is -0.757. The van der Waals surface area contributed by atoms with E-state index in [1.807, 2.05) is 7.05 Å². The Morgan fingerprint density at radius 1 is 1.04 bits per heavy atom. The second kappa shape index (κ2) is 12.5. The van der Waals surface area contributed by atoms with Crippen molar-refractivity contribution in [2.24, 2.45) is 0 Å². The van der Waals surface area contributed by atoms with E-state index in [0.29, 0.717) is 32.3 Å². The van der Waals surface area contributed by atoms with Crippen molar-refractivity contribution in [3.63, 3.8) is 0 Å². The Morgan fingerprint density at radius 3 is 2.30 bits per heavy atom. The van der Waals surface area contributed by atoms with Gasteiger partial charge in [-0.1, -0.05) is 13.3 Å². The summed E-state index contributed by atoms with van der Waals surface area (Å²) in [6.45, 7) is 7.15. The monoisotopic (exact) mass is 329 g/mol. The van der Waals surface area contributed by atoms with E-state index in [-0.39, 0.29) is 18.3 Å². The number of amides is 1. The summed E-state index contributed by atoms with van der Waals surface area (Å²) in [5.74, 6) is 0.287. The normalized spacial score (nSPS) is 11.5. The lowest BCUT2D eigenvalue weighted by molar-refractivity contribution is -0.140. The first-order valence-corrected chi connectivity index (χ1v) is 8.87. The number of hydrogen-bond donors (Lipinski definition) is 1. The van der Waals surface area contributed by atoms with Gasteiger partial charge in [0, 0.05) is 39.6 Å². The first-order valence-electron chi connectivity index (χ1n) is 8.87. The lowest BCUT2D eigenvalue weighted by atomic mass is 9.98. The van der Waals surface area contributed by atoms with Crippen molar-refractivity contribution in [2.45, 2.75) is 77.7 Å². The van der Waals surface area contributed by atoms with Crippen LogP contribution in [0.3, 0.4) is 0 Å². The van der Waals surface area contributed by atoms with Crippen LogP contribution in [0.25, 0.3) is 0 Å². The van der Waals surface area contributed by atoms with Gasteiger partial charge < -0.3 is 14.7 Å². The van der Waals surface area contributed by atoms with Gasteiger partial charge in [0.1, 0.15) is 5.60 Å². The molecule has 1 amide bonds. The summed E-state index contributed by atoms with van der Waals surface area (Å²) in [5, 5.41) is 8.74. The van der Waals surface area contributed by atoms with Crippen molar-refractivity contribution < 1.29 is 19.4 Å². The van der Waals surface area contributed by atoms with E-state index >= 15 is 0 Å². The number of carbonyl (C=O) groups is 2. The zero-order valence-corrected chi connectivity index (χ0v) is 15.4. The second-order valence-electron chi connectivity index (χ2n) is 6.59. The predicted molar refractivity (Wildman–Crippen MR) is 92.4 cm³/mol. The molecule has 0 radical (unpaired) electrons. The van der Waals surface area contributed by atoms with Crippen molar-refractivity contribution in [3.8, 4) is 0 Å². The maximum absolute atomic E-state index is 12.0. The van der Waals surface area contributed by atoms with Gasteiger partial charge in [0.2, 0.25) is 5.91 Å². The summed E-state index contributed by atoms with van der Waals surface area (Å²) in [6.07, 6.45) is 6.03. The number of nitrogens with zero attached hydrogens (tertiary/aromatic N) is 1. The maximum Gasteiger partial charge on any atom is 0.222 e. The Hall–Kier alpha value is -0.940. The molecule has 0 aromatic heterocycles. The minimum atomic E-state index is -0.757. The number of ether oxygens (including phenoxy) is 1. The van der Waals surface area contributed by atoms with E-state index in [1.54, 1.807) is 18.7 Å². The molecule has 1 N–H and O–H groups in total. The molecular weight excluding hydrogens is 294 g/mol. The van der Waals surface area contributed by atoms with Gasteiger partial charge in [-0.3, -0.25) is 9.59 Å². The van der Waals surface area contributed by atoms with Crippen LogP contribution in [0, 0.1) is 0 Å². The number of aliphatic hydroxyl groups is 1. The molecule has 0 fully saturated rings. The van der Waals surface area contributed by atoms with Crippen LogP contribution in [0.5, 0.6) is 0 Å². The predicted octanol–water partition coefficient (Wildman–Crippen LogP) is 2.94. The fourth-order valence-corrected chi connectivity index (χ4v) is 2.31. The lowest BCUT2D eigenvalue weighted by Crippen LogP contribution is -2.35. The number of hydrogen-bond acceptors (Lipinski definition) is 4. The van der Waals surface area contributed by atoms with Gasteiger partial charge in [0.15, 0.2) is 5.78 Å². The number of carbonyl (C=O) groups excluding carboxylic acids is 2. The van der Waals surface area contributed by atoms with Gasteiger partial charge in [-0.05, 0) is 46.0 Å². The minimum Gasteiger partial charge on any atom is -0.396 e. The van der Waals surface area contributed by atoms with E-state index in [0.717, 1.165) is 32.2 Å². The molecule has 0 saturated heterocycles. The van der Waals surface area contributed by atoms with Crippen LogP contribution < -0.4 is 0 Å². The van der Waals surface area contributed by atoms with Gasteiger partial charge in [0.25, 0.3) is 0 Å². The van der Waals surface area contributed by atoms with Crippen molar-refractivity contribution in [1.29, 1.82) is 0 Å². The second-order valence-corrected chi connectivity index (χ2v) is 6.59. The number of Topliss-reactive ketones (excluding diaryl/α,β-unsaturated/α-hetero) is 1. The van der Waals surface area contributed by atoms with Gasteiger partial charge in [-0.25, -0.2) is 0 Å². The fraction of sp³-hybridized carbons (Fsp3) is 0.889. The van der Waals surface area contributed by atoms with Crippen LogP contribution in [0.15, 0.2) is 0 Å². The average molecular weight is 329 g/mol. The van der Waals surface area contributed by atoms with E-state index in [2.05, 4.69) is 6.92 Å². The van der Waals surface area contributed by atoms with Gasteiger partial charge in [-0.15, -0.1) is 0 Å². The van der Waals surface area contributed by atoms with Crippen molar-refractivity contribution in [1.82, 2.24) is 4.90 Å². The third kappa shape index (κ3) is 10.4. The molecule has 5 nitrogen and oxygen atoms in total. The highest BCUT2D eigenvalue weighted by Gasteiger charge is 2.27. The molecule has 0 aromatic carbocycles. The quantitative estimate of drug-likeness (QED) is 0.498. The van der Waals surface area contributed by atoms with Crippen molar-refractivity contribution in [3.05, 3.63) is 0 Å². The van der Waals surface area contributed by atoms with Crippen LogP contribution in [0.4, 0.5) is 0 Å². The van der Waals surface area contributed by atoms with Crippen LogP contribution in [0.1, 0.15) is 72.1 Å². The maximum atomic E-state index is 12.0. The van der Waals surface area contributed by atoms with E-state index in [1.165, 1.54) is 0 Å². The molecule has 0 saturated carbocycles. The first kappa shape index (κ1) is 22.1. The number of unbranched alkanes of at least 4 members (excludes halogenated alkanes) is 3.